The molecule has 100 valence electrons. The first kappa shape index (κ1) is 13.8. The van der Waals surface area contributed by atoms with Crippen molar-refractivity contribution in [3.8, 4) is 0 Å². The number of nitrogens with two attached hydrogens (primary N) is 1. The highest BCUT2D eigenvalue weighted by molar-refractivity contribution is 6.30. The van der Waals surface area contributed by atoms with Crippen LogP contribution in [0.3, 0.4) is 0 Å². The topological polar surface area (TPSA) is 29.3 Å². The van der Waals surface area contributed by atoms with Crippen molar-refractivity contribution in [2.24, 2.45) is 11.7 Å². The van der Waals surface area contributed by atoms with Crippen molar-refractivity contribution in [2.75, 3.05) is 20.1 Å². The van der Waals surface area contributed by atoms with Crippen molar-refractivity contribution in [3.63, 3.8) is 0 Å². The molecule has 1 aromatic rings. The van der Waals surface area contributed by atoms with E-state index in [1.807, 2.05) is 6.07 Å². The molecule has 2 nitrogen and oxygen atoms in total. The van der Waals surface area contributed by atoms with Gasteiger partial charge < -0.3 is 5.73 Å². The molecular formula is C14H20ClFN2. The number of likely N-dealkylation sites (tertiary alicyclic amines) is 1. The Hall–Kier alpha value is -0.640. The van der Waals surface area contributed by atoms with Gasteiger partial charge in [0, 0.05) is 11.1 Å². The maximum absolute atomic E-state index is 13.5. The van der Waals surface area contributed by atoms with Crippen molar-refractivity contribution >= 4 is 11.6 Å². The van der Waals surface area contributed by atoms with Crippen molar-refractivity contribution in [1.82, 2.24) is 4.90 Å². The van der Waals surface area contributed by atoms with Crippen LogP contribution in [0.5, 0.6) is 0 Å². The summed E-state index contributed by atoms with van der Waals surface area (Å²) in [5.74, 6) is 0.0984. The van der Waals surface area contributed by atoms with E-state index in [2.05, 4.69) is 11.9 Å². The van der Waals surface area contributed by atoms with Crippen molar-refractivity contribution in [3.05, 3.63) is 34.6 Å². The zero-order valence-electron chi connectivity index (χ0n) is 10.7. The molecule has 2 N–H and O–H groups in total. The summed E-state index contributed by atoms with van der Waals surface area (Å²) in [4.78, 5) is 2.27. The minimum absolute atomic E-state index is 0.172. The summed E-state index contributed by atoms with van der Waals surface area (Å²) in [6.45, 7) is 1.65. The summed E-state index contributed by atoms with van der Waals surface area (Å²) in [6, 6.07) is 4.96. The lowest BCUT2D eigenvalue weighted by atomic mass is 9.89. The molecular weight excluding hydrogens is 251 g/mol. The first-order valence-corrected chi connectivity index (χ1v) is 6.86. The molecule has 18 heavy (non-hydrogen) atoms. The van der Waals surface area contributed by atoms with Gasteiger partial charge in [-0.25, -0.2) is 4.39 Å². The normalized spacial score (nSPS) is 26.0. The number of nitrogens with zero attached hydrogens (tertiary/aromatic N) is 1. The molecule has 1 heterocycles. The van der Waals surface area contributed by atoms with E-state index in [-0.39, 0.29) is 11.9 Å². The molecule has 1 saturated heterocycles. The number of hydrogen-bond donors (Lipinski definition) is 1. The molecule has 0 amide bonds. The Kier molecular flexibility index (Phi) is 4.60. The van der Waals surface area contributed by atoms with E-state index in [4.69, 9.17) is 17.3 Å². The van der Waals surface area contributed by atoms with E-state index < -0.39 is 0 Å². The highest BCUT2D eigenvalue weighted by Crippen LogP contribution is 2.34. The van der Waals surface area contributed by atoms with Crippen LogP contribution >= 0.6 is 11.6 Å². The Bertz CT molecular complexity index is 391. The molecule has 0 bridgehead atoms. The third-order valence-electron chi connectivity index (χ3n) is 3.79. The monoisotopic (exact) mass is 270 g/mol. The molecule has 0 aliphatic carbocycles. The zero-order valence-corrected chi connectivity index (χ0v) is 11.5. The van der Waals surface area contributed by atoms with E-state index >= 15 is 0 Å². The van der Waals surface area contributed by atoms with Gasteiger partial charge >= 0.3 is 0 Å². The number of hydrogen-bond acceptors (Lipinski definition) is 2. The number of halogens is 2. The van der Waals surface area contributed by atoms with Crippen LogP contribution in [0.25, 0.3) is 0 Å². The fraction of sp³-hybridized carbons (Fsp3) is 0.571. The molecule has 1 aliphatic heterocycles. The van der Waals surface area contributed by atoms with Gasteiger partial charge in [0.15, 0.2) is 0 Å². The summed E-state index contributed by atoms with van der Waals surface area (Å²) in [6.07, 6.45) is 3.46. The smallest absolute Gasteiger partial charge is 0.125 e. The van der Waals surface area contributed by atoms with Gasteiger partial charge in [-0.3, -0.25) is 4.90 Å². The Morgan fingerprint density at radius 3 is 2.83 bits per heavy atom. The predicted molar refractivity (Wildman–Crippen MR) is 73.2 cm³/mol. The Balaban J connectivity index is 2.36. The summed E-state index contributed by atoms with van der Waals surface area (Å²) in [5.41, 5.74) is 6.83. The van der Waals surface area contributed by atoms with E-state index in [1.165, 1.54) is 18.9 Å². The molecule has 2 rings (SSSR count). The second kappa shape index (κ2) is 6.00. The van der Waals surface area contributed by atoms with Crippen LogP contribution in [0.1, 0.15) is 30.9 Å². The lowest BCUT2D eigenvalue weighted by Gasteiger charge is -2.32. The van der Waals surface area contributed by atoms with Crippen LogP contribution in [0, 0.1) is 11.7 Å². The van der Waals surface area contributed by atoms with Crippen LogP contribution in [-0.2, 0) is 0 Å². The lowest BCUT2D eigenvalue weighted by Crippen LogP contribution is -2.33. The zero-order chi connectivity index (χ0) is 13.1. The van der Waals surface area contributed by atoms with Crippen molar-refractivity contribution in [2.45, 2.75) is 25.3 Å². The SMILES string of the molecule is CN1CCCCC(CN)C1c1cc(F)cc(Cl)c1. The largest absolute Gasteiger partial charge is 0.330 e. The maximum atomic E-state index is 13.5. The third kappa shape index (κ3) is 3.02. The maximum Gasteiger partial charge on any atom is 0.125 e. The van der Waals surface area contributed by atoms with E-state index in [0.717, 1.165) is 18.5 Å². The Morgan fingerprint density at radius 2 is 2.17 bits per heavy atom. The molecule has 2 unspecified atom stereocenters. The summed E-state index contributed by atoms with van der Waals surface area (Å²) < 4.78 is 13.5. The third-order valence-corrected chi connectivity index (χ3v) is 4.00. The molecule has 4 heteroatoms. The number of benzene rings is 1. The molecule has 0 aromatic heterocycles. The average molecular weight is 271 g/mol. The first-order chi connectivity index (χ1) is 8.61. The van der Waals surface area contributed by atoms with Gasteiger partial charge in [0.1, 0.15) is 5.82 Å². The van der Waals surface area contributed by atoms with Crippen molar-refractivity contribution in [1.29, 1.82) is 0 Å². The summed E-state index contributed by atoms with van der Waals surface area (Å²) in [7, 11) is 2.08. The molecule has 0 spiro atoms. The summed E-state index contributed by atoms with van der Waals surface area (Å²) >= 11 is 5.96. The highest BCUT2D eigenvalue weighted by Gasteiger charge is 2.28. The van der Waals surface area contributed by atoms with Crippen LogP contribution in [0.4, 0.5) is 4.39 Å². The Labute approximate surface area is 113 Å². The lowest BCUT2D eigenvalue weighted by molar-refractivity contribution is 0.195. The van der Waals surface area contributed by atoms with Crippen LogP contribution in [0.15, 0.2) is 18.2 Å². The van der Waals surface area contributed by atoms with Crippen molar-refractivity contribution < 1.29 is 4.39 Å². The van der Waals surface area contributed by atoms with Crippen LogP contribution < -0.4 is 5.73 Å². The van der Waals surface area contributed by atoms with Gasteiger partial charge in [0.25, 0.3) is 0 Å². The van der Waals surface area contributed by atoms with Gasteiger partial charge in [0.05, 0.1) is 0 Å². The first-order valence-electron chi connectivity index (χ1n) is 6.48. The molecule has 1 aliphatic rings. The van der Waals surface area contributed by atoms with Gasteiger partial charge in [-0.1, -0.05) is 18.0 Å². The average Bonchev–Trinajstić information content (AvgIpc) is 2.49. The van der Waals surface area contributed by atoms with Crippen LogP contribution in [0.2, 0.25) is 5.02 Å². The minimum Gasteiger partial charge on any atom is -0.330 e. The van der Waals surface area contributed by atoms with Crippen LogP contribution in [-0.4, -0.2) is 25.0 Å². The molecule has 0 saturated carbocycles. The predicted octanol–water partition coefficient (Wildman–Crippen LogP) is 3.21. The molecule has 2 atom stereocenters. The Morgan fingerprint density at radius 1 is 1.39 bits per heavy atom. The quantitative estimate of drug-likeness (QED) is 0.894. The van der Waals surface area contributed by atoms with Gasteiger partial charge in [-0.05, 0) is 62.7 Å². The second-order valence-electron chi connectivity index (χ2n) is 5.12. The van der Waals surface area contributed by atoms with E-state index in [0.29, 0.717) is 17.5 Å². The number of rotatable bonds is 2. The molecule has 1 aromatic carbocycles. The molecule has 1 fully saturated rings. The van der Waals surface area contributed by atoms with E-state index in [9.17, 15) is 4.39 Å². The van der Waals surface area contributed by atoms with Gasteiger partial charge in [-0.15, -0.1) is 0 Å². The van der Waals surface area contributed by atoms with E-state index in [1.54, 1.807) is 6.07 Å². The standard InChI is InChI=1S/C14H20ClFN2/c1-18-5-3-2-4-10(9-17)14(18)11-6-12(15)8-13(16)7-11/h6-8,10,14H,2-5,9,17H2,1H3. The minimum atomic E-state index is -0.272. The van der Waals surface area contributed by atoms with Gasteiger partial charge in [0.2, 0.25) is 0 Å². The fourth-order valence-electron chi connectivity index (χ4n) is 2.94. The second-order valence-corrected chi connectivity index (χ2v) is 5.56. The van der Waals surface area contributed by atoms with Gasteiger partial charge in [-0.2, -0.15) is 0 Å². The fourth-order valence-corrected chi connectivity index (χ4v) is 3.17. The molecule has 0 radical (unpaired) electrons. The highest BCUT2D eigenvalue weighted by atomic mass is 35.5. The summed E-state index contributed by atoms with van der Waals surface area (Å²) in [5, 5.41) is 0.457.